The Morgan fingerprint density at radius 3 is 2.46 bits per heavy atom. The molecule has 0 aliphatic rings. The molecule has 0 aliphatic carbocycles. The van der Waals surface area contributed by atoms with E-state index in [1.54, 1.807) is 26.8 Å². The van der Waals surface area contributed by atoms with Gasteiger partial charge in [-0.15, -0.1) is 0 Å². The molecule has 26 heavy (non-hydrogen) atoms. The van der Waals surface area contributed by atoms with Gasteiger partial charge in [0.1, 0.15) is 23.7 Å². The SMILES string of the molecule is CC(C)(C)OC(=O)CNC(=O)c1cccc(Oc2ccc(F)cc2F)c1. The van der Waals surface area contributed by atoms with Crippen molar-refractivity contribution in [3.8, 4) is 11.5 Å². The van der Waals surface area contributed by atoms with E-state index in [2.05, 4.69) is 5.32 Å². The molecule has 0 saturated carbocycles. The summed E-state index contributed by atoms with van der Waals surface area (Å²) in [5.74, 6) is -2.62. The largest absolute Gasteiger partial charge is 0.459 e. The van der Waals surface area contributed by atoms with Crippen molar-refractivity contribution in [3.63, 3.8) is 0 Å². The second kappa shape index (κ2) is 7.95. The highest BCUT2D eigenvalue weighted by Gasteiger charge is 2.17. The lowest BCUT2D eigenvalue weighted by Gasteiger charge is -2.19. The van der Waals surface area contributed by atoms with Crippen LogP contribution in [0.4, 0.5) is 8.78 Å². The first-order valence-electron chi connectivity index (χ1n) is 7.87. The third-order valence-electron chi connectivity index (χ3n) is 3.03. The zero-order valence-electron chi connectivity index (χ0n) is 14.6. The summed E-state index contributed by atoms with van der Waals surface area (Å²) >= 11 is 0. The van der Waals surface area contributed by atoms with Gasteiger partial charge in [0.05, 0.1) is 0 Å². The molecule has 5 nitrogen and oxygen atoms in total. The molecule has 0 radical (unpaired) electrons. The lowest BCUT2D eigenvalue weighted by Crippen LogP contribution is -2.34. The third kappa shape index (κ3) is 5.84. The van der Waals surface area contributed by atoms with Crippen LogP contribution in [0.5, 0.6) is 11.5 Å². The maximum atomic E-state index is 13.6. The Balaban J connectivity index is 2.01. The molecule has 0 saturated heterocycles. The molecule has 2 aromatic carbocycles. The Kier molecular flexibility index (Phi) is 5.92. The topological polar surface area (TPSA) is 64.6 Å². The van der Waals surface area contributed by atoms with Gasteiger partial charge in [-0.1, -0.05) is 6.07 Å². The van der Waals surface area contributed by atoms with Crippen LogP contribution < -0.4 is 10.1 Å². The Labute approximate surface area is 149 Å². The summed E-state index contributed by atoms with van der Waals surface area (Å²) in [5.41, 5.74) is -0.428. The van der Waals surface area contributed by atoms with E-state index in [0.29, 0.717) is 6.07 Å². The number of hydrogen-bond acceptors (Lipinski definition) is 4. The van der Waals surface area contributed by atoms with E-state index in [9.17, 15) is 18.4 Å². The second-order valence-corrected chi connectivity index (χ2v) is 6.47. The number of hydrogen-bond donors (Lipinski definition) is 1. The molecule has 2 rings (SSSR count). The molecule has 0 heterocycles. The van der Waals surface area contributed by atoms with Crippen LogP contribution in [-0.4, -0.2) is 24.0 Å². The predicted octanol–water partition coefficient (Wildman–Crippen LogP) is 3.83. The van der Waals surface area contributed by atoms with Crippen LogP contribution in [0.1, 0.15) is 31.1 Å². The predicted molar refractivity (Wildman–Crippen MR) is 91.1 cm³/mol. The third-order valence-corrected chi connectivity index (χ3v) is 3.03. The van der Waals surface area contributed by atoms with Crippen LogP contribution in [0.3, 0.4) is 0 Å². The van der Waals surface area contributed by atoms with Crippen molar-refractivity contribution in [3.05, 3.63) is 59.7 Å². The van der Waals surface area contributed by atoms with Crippen molar-refractivity contribution in [2.75, 3.05) is 6.54 Å². The summed E-state index contributed by atoms with van der Waals surface area (Å²) in [6.45, 7) is 4.89. The lowest BCUT2D eigenvalue weighted by atomic mass is 10.2. The fraction of sp³-hybridized carbons (Fsp3) is 0.263. The Bertz CT molecular complexity index is 815. The first-order valence-corrected chi connectivity index (χ1v) is 7.87. The molecule has 7 heteroatoms. The van der Waals surface area contributed by atoms with E-state index in [0.717, 1.165) is 12.1 Å². The van der Waals surface area contributed by atoms with Gasteiger partial charge >= 0.3 is 5.97 Å². The Morgan fingerprint density at radius 2 is 1.81 bits per heavy atom. The van der Waals surface area contributed by atoms with Gasteiger partial charge in [0, 0.05) is 11.6 Å². The number of halogens is 2. The van der Waals surface area contributed by atoms with Crippen molar-refractivity contribution in [2.24, 2.45) is 0 Å². The van der Waals surface area contributed by atoms with Crippen molar-refractivity contribution < 1.29 is 27.8 Å². The van der Waals surface area contributed by atoms with Crippen LogP contribution in [0, 0.1) is 11.6 Å². The minimum absolute atomic E-state index is 0.169. The van der Waals surface area contributed by atoms with Crippen molar-refractivity contribution in [1.29, 1.82) is 0 Å². The number of nitrogens with one attached hydrogen (secondary N) is 1. The number of ether oxygens (including phenoxy) is 2. The molecule has 0 bridgehead atoms. The van der Waals surface area contributed by atoms with Crippen LogP contribution >= 0.6 is 0 Å². The van der Waals surface area contributed by atoms with E-state index >= 15 is 0 Å². The summed E-state index contributed by atoms with van der Waals surface area (Å²) in [7, 11) is 0. The lowest BCUT2D eigenvalue weighted by molar-refractivity contribution is -0.153. The average molecular weight is 363 g/mol. The second-order valence-electron chi connectivity index (χ2n) is 6.47. The first-order chi connectivity index (χ1) is 12.1. The molecule has 0 spiro atoms. The van der Waals surface area contributed by atoms with Gasteiger partial charge in [-0.05, 0) is 51.1 Å². The fourth-order valence-corrected chi connectivity index (χ4v) is 2.02. The molecule has 0 fully saturated rings. The van der Waals surface area contributed by atoms with Crippen LogP contribution in [-0.2, 0) is 9.53 Å². The summed E-state index contributed by atoms with van der Waals surface area (Å²) in [4.78, 5) is 23.8. The number of esters is 1. The highest BCUT2D eigenvalue weighted by atomic mass is 19.1. The zero-order valence-corrected chi connectivity index (χ0v) is 14.6. The quantitative estimate of drug-likeness (QED) is 0.820. The fourth-order valence-electron chi connectivity index (χ4n) is 2.02. The molecule has 2 aromatic rings. The summed E-state index contributed by atoms with van der Waals surface area (Å²) in [6, 6.07) is 8.88. The Morgan fingerprint density at radius 1 is 1.08 bits per heavy atom. The van der Waals surface area contributed by atoms with E-state index < -0.39 is 29.1 Å². The smallest absolute Gasteiger partial charge is 0.325 e. The highest BCUT2D eigenvalue weighted by molar-refractivity contribution is 5.96. The molecule has 138 valence electrons. The van der Waals surface area contributed by atoms with E-state index in [1.165, 1.54) is 18.2 Å². The van der Waals surface area contributed by atoms with Gasteiger partial charge in [0.25, 0.3) is 5.91 Å². The maximum absolute atomic E-state index is 13.6. The molecule has 1 N–H and O–H groups in total. The molecule has 0 aliphatic heterocycles. The van der Waals surface area contributed by atoms with Gasteiger partial charge in [-0.3, -0.25) is 9.59 Å². The number of rotatable bonds is 5. The molecular formula is C19H19F2NO4. The average Bonchev–Trinajstić information content (AvgIpc) is 2.54. The zero-order chi connectivity index (χ0) is 19.3. The first kappa shape index (κ1) is 19.4. The number of carbonyl (C=O) groups is 2. The minimum atomic E-state index is -0.857. The molecular weight excluding hydrogens is 344 g/mol. The normalized spacial score (nSPS) is 11.0. The van der Waals surface area contributed by atoms with Gasteiger partial charge in [0.2, 0.25) is 0 Å². The summed E-state index contributed by atoms with van der Waals surface area (Å²) < 4.78 is 37.0. The molecule has 0 atom stereocenters. The summed E-state index contributed by atoms with van der Waals surface area (Å²) in [5, 5.41) is 2.44. The number of amides is 1. The monoisotopic (exact) mass is 363 g/mol. The van der Waals surface area contributed by atoms with Crippen molar-refractivity contribution in [1.82, 2.24) is 5.32 Å². The molecule has 0 aromatic heterocycles. The minimum Gasteiger partial charge on any atom is -0.459 e. The van der Waals surface area contributed by atoms with E-state index in [1.807, 2.05) is 0 Å². The summed E-state index contributed by atoms with van der Waals surface area (Å²) in [6.07, 6.45) is 0. The number of carbonyl (C=O) groups excluding carboxylic acids is 2. The van der Waals surface area contributed by atoms with Crippen LogP contribution in [0.15, 0.2) is 42.5 Å². The maximum Gasteiger partial charge on any atom is 0.325 e. The number of benzene rings is 2. The standard InChI is InChI=1S/C19H19F2NO4/c1-19(2,3)26-17(23)11-22-18(24)12-5-4-6-14(9-12)25-16-8-7-13(20)10-15(16)21/h4-10H,11H2,1-3H3,(H,22,24). The highest BCUT2D eigenvalue weighted by Crippen LogP contribution is 2.25. The Hall–Kier alpha value is -2.96. The van der Waals surface area contributed by atoms with Crippen LogP contribution in [0.2, 0.25) is 0 Å². The van der Waals surface area contributed by atoms with E-state index in [-0.39, 0.29) is 23.6 Å². The van der Waals surface area contributed by atoms with E-state index in [4.69, 9.17) is 9.47 Å². The van der Waals surface area contributed by atoms with Gasteiger partial charge in [-0.2, -0.15) is 0 Å². The van der Waals surface area contributed by atoms with Gasteiger partial charge in [-0.25, -0.2) is 8.78 Å². The molecule has 1 amide bonds. The van der Waals surface area contributed by atoms with Gasteiger partial charge in [0.15, 0.2) is 11.6 Å². The van der Waals surface area contributed by atoms with Crippen molar-refractivity contribution >= 4 is 11.9 Å². The molecule has 0 unspecified atom stereocenters. The van der Waals surface area contributed by atoms with Crippen LogP contribution in [0.25, 0.3) is 0 Å². The van der Waals surface area contributed by atoms with Crippen molar-refractivity contribution in [2.45, 2.75) is 26.4 Å². The van der Waals surface area contributed by atoms with Gasteiger partial charge < -0.3 is 14.8 Å².